The van der Waals surface area contributed by atoms with Crippen molar-refractivity contribution in [1.82, 2.24) is 25.4 Å². The molecule has 0 fully saturated rings. The summed E-state index contributed by atoms with van der Waals surface area (Å²) in [5.41, 5.74) is 4.93. The van der Waals surface area contributed by atoms with Gasteiger partial charge in [0.2, 0.25) is 0 Å². The highest BCUT2D eigenvalue weighted by atomic mass is 16.2. The topological polar surface area (TPSA) is 71.8 Å². The van der Waals surface area contributed by atoms with Crippen LogP contribution in [-0.2, 0) is 13.6 Å². The van der Waals surface area contributed by atoms with Gasteiger partial charge in [-0.05, 0) is 22.8 Å². The lowest BCUT2D eigenvalue weighted by molar-refractivity contribution is 0.238. The molecular weight excluding hydrogens is 374 g/mol. The number of hydrogen-bond donors (Lipinski definition) is 2. The van der Waals surface area contributed by atoms with Crippen LogP contribution >= 0.6 is 0 Å². The first-order chi connectivity index (χ1) is 14.7. The van der Waals surface area contributed by atoms with Crippen LogP contribution in [0.2, 0.25) is 0 Å². The van der Waals surface area contributed by atoms with Gasteiger partial charge in [0.1, 0.15) is 0 Å². The van der Waals surface area contributed by atoms with Crippen LogP contribution < -0.4 is 10.6 Å². The molecule has 0 atom stereocenters. The zero-order valence-corrected chi connectivity index (χ0v) is 16.7. The highest BCUT2D eigenvalue weighted by Crippen LogP contribution is 2.22. The predicted octanol–water partition coefficient (Wildman–Crippen LogP) is 4.07. The average molecular weight is 397 g/mol. The molecule has 0 aliphatic carbocycles. The molecule has 4 rings (SSSR count). The van der Waals surface area contributed by atoms with Crippen LogP contribution in [0.15, 0.2) is 91.5 Å². The van der Waals surface area contributed by atoms with E-state index in [4.69, 9.17) is 0 Å². The van der Waals surface area contributed by atoms with Crippen molar-refractivity contribution < 1.29 is 4.79 Å². The number of carbonyl (C=O) groups is 1. The van der Waals surface area contributed by atoms with Crippen molar-refractivity contribution in [3.05, 3.63) is 108 Å². The molecule has 0 aliphatic heterocycles. The Bertz CT molecular complexity index is 1070. The van der Waals surface area contributed by atoms with Gasteiger partial charge in [0.25, 0.3) is 0 Å². The Balaban J connectivity index is 1.44. The molecule has 0 spiro atoms. The summed E-state index contributed by atoms with van der Waals surface area (Å²) in [5, 5.41) is 10.2. The van der Waals surface area contributed by atoms with E-state index in [0.717, 1.165) is 27.8 Å². The number of benzene rings is 2. The number of hydrogen-bond acceptors (Lipinski definition) is 3. The smallest absolute Gasteiger partial charge is 0.315 e. The van der Waals surface area contributed by atoms with Gasteiger partial charge in [0.05, 0.1) is 12.2 Å². The van der Waals surface area contributed by atoms with E-state index < -0.39 is 0 Å². The number of aromatic nitrogens is 3. The lowest BCUT2D eigenvalue weighted by atomic mass is 9.99. The van der Waals surface area contributed by atoms with E-state index in [1.165, 1.54) is 0 Å². The molecule has 0 radical (unpaired) electrons. The standard InChI is InChI=1S/C24H23N5O/c1-29-17-22(16-27-29)21-12-18(13-25-15-21)14-26-24(30)28-23(19-8-4-2-5-9-19)20-10-6-3-7-11-20/h2-13,15-17,23H,14H2,1H3,(H2,26,28,30). The maximum absolute atomic E-state index is 12.7. The largest absolute Gasteiger partial charge is 0.334 e. The van der Waals surface area contributed by atoms with Crippen molar-refractivity contribution >= 4 is 6.03 Å². The number of amides is 2. The molecule has 2 aromatic heterocycles. The predicted molar refractivity (Wildman–Crippen MR) is 117 cm³/mol. The van der Waals surface area contributed by atoms with Crippen LogP contribution in [0.3, 0.4) is 0 Å². The van der Waals surface area contributed by atoms with Crippen LogP contribution in [0.1, 0.15) is 22.7 Å². The first kappa shape index (κ1) is 19.4. The molecule has 2 aromatic carbocycles. The third kappa shape index (κ3) is 4.72. The molecule has 6 heteroatoms. The highest BCUT2D eigenvalue weighted by Gasteiger charge is 2.16. The normalized spacial score (nSPS) is 10.7. The molecule has 0 unspecified atom stereocenters. The summed E-state index contributed by atoms with van der Waals surface area (Å²) in [6.07, 6.45) is 7.28. The maximum atomic E-state index is 12.7. The third-order valence-electron chi connectivity index (χ3n) is 4.83. The number of aryl methyl sites for hydroxylation is 1. The molecule has 0 aliphatic rings. The Morgan fingerprint density at radius 1 is 0.933 bits per heavy atom. The maximum Gasteiger partial charge on any atom is 0.315 e. The molecule has 30 heavy (non-hydrogen) atoms. The first-order valence-corrected chi connectivity index (χ1v) is 9.76. The molecule has 6 nitrogen and oxygen atoms in total. The fourth-order valence-corrected chi connectivity index (χ4v) is 3.33. The van der Waals surface area contributed by atoms with E-state index in [9.17, 15) is 4.79 Å². The van der Waals surface area contributed by atoms with Crippen molar-refractivity contribution in [1.29, 1.82) is 0 Å². The van der Waals surface area contributed by atoms with Gasteiger partial charge in [-0.3, -0.25) is 9.67 Å². The number of carbonyl (C=O) groups excluding carboxylic acids is 1. The zero-order valence-electron chi connectivity index (χ0n) is 16.7. The van der Waals surface area contributed by atoms with E-state index in [2.05, 4.69) is 20.7 Å². The van der Waals surface area contributed by atoms with Gasteiger partial charge in [-0.15, -0.1) is 0 Å². The van der Waals surface area contributed by atoms with Gasteiger partial charge in [-0.25, -0.2) is 4.79 Å². The third-order valence-corrected chi connectivity index (χ3v) is 4.83. The minimum atomic E-state index is -0.237. The van der Waals surface area contributed by atoms with E-state index in [1.807, 2.05) is 80.0 Å². The van der Waals surface area contributed by atoms with Crippen molar-refractivity contribution in [3.63, 3.8) is 0 Å². The molecule has 2 amide bonds. The minimum Gasteiger partial charge on any atom is -0.334 e. The molecule has 2 heterocycles. The Labute approximate surface area is 175 Å². The van der Waals surface area contributed by atoms with Crippen molar-refractivity contribution in [2.75, 3.05) is 0 Å². The highest BCUT2D eigenvalue weighted by molar-refractivity contribution is 5.75. The number of nitrogens with zero attached hydrogens (tertiary/aromatic N) is 3. The second-order valence-electron chi connectivity index (χ2n) is 7.07. The summed E-state index contributed by atoms with van der Waals surface area (Å²) >= 11 is 0. The quantitative estimate of drug-likeness (QED) is 0.515. The lowest BCUT2D eigenvalue weighted by Gasteiger charge is -2.20. The van der Waals surface area contributed by atoms with Crippen molar-refractivity contribution in [2.24, 2.45) is 7.05 Å². The summed E-state index contributed by atoms with van der Waals surface area (Å²) in [4.78, 5) is 17.0. The van der Waals surface area contributed by atoms with Crippen LogP contribution in [0, 0.1) is 0 Å². The lowest BCUT2D eigenvalue weighted by Crippen LogP contribution is -2.38. The SMILES string of the molecule is Cn1cc(-c2cncc(CNC(=O)NC(c3ccccc3)c3ccccc3)c2)cn1. The van der Waals surface area contributed by atoms with Gasteiger partial charge >= 0.3 is 6.03 Å². The van der Waals surface area contributed by atoms with E-state index in [1.54, 1.807) is 23.3 Å². The van der Waals surface area contributed by atoms with Crippen LogP contribution in [0.4, 0.5) is 4.79 Å². The van der Waals surface area contributed by atoms with Gasteiger partial charge < -0.3 is 10.6 Å². The Kier molecular flexibility index (Phi) is 5.85. The Morgan fingerprint density at radius 3 is 2.20 bits per heavy atom. The van der Waals surface area contributed by atoms with E-state index in [-0.39, 0.29) is 12.1 Å². The minimum absolute atomic E-state index is 0.229. The molecular formula is C24H23N5O. The van der Waals surface area contributed by atoms with Gasteiger partial charge in [-0.1, -0.05) is 60.7 Å². The monoisotopic (exact) mass is 397 g/mol. The molecule has 0 saturated carbocycles. The molecule has 4 aromatic rings. The summed E-state index contributed by atoms with van der Waals surface area (Å²) < 4.78 is 1.75. The van der Waals surface area contributed by atoms with E-state index in [0.29, 0.717) is 6.54 Å². The number of urea groups is 1. The van der Waals surface area contributed by atoms with Crippen LogP contribution in [0.25, 0.3) is 11.1 Å². The van der Waals surface area contributed by atoms with Crippen LogP contribution in [-0.4, -0.2) is 20.8 Å². The van der Waals surface area contributed by atoms with Crippen LogP contribution in [0.5, 0.6) is 0 Å². The number of pyridine rings is 1. The fraction of sp³-hybridized carbons (Fsp3) is 0.125. The van der Waals surface area contributed by atoms with Crippen molar-refractivity contribution in [3.8, 4) is 11.1 Å². The molecule has 150 valence electrons. The fourth-order valence-electron chi connectivity index (χ4n) is 3.33. The van der Waals surface area contributed by atoms with Gasteiger partial charge in [0.15, 0.2) is 0 Å². The average Bonchev–Trinajstić information content (AvgIpc) is 3.24. The Hall–Kier alpha value is -3.93. The number of rotatable bonds is 6. The van der Waals surface area contributed by atoms with E-state index >= 15 is 0 Å². The first-order valence-electron chi connectivity index (χ1n) is 9.76. The summed E-state index contributed by atoms with van der Waals surface area (Å²) in [6, 6.07) is 21.4. The summed E-state index contributed by atoms with van der Waals surface area (Å²) in [6.45, 7) is 0.378. The molecule has 0 saturated heterocycles. The molecule has 2 N–H and O–H groups in total. The number of nitrogens with one attached hydrogen (secondary N) is 2. The second kappa shape index (κ2) is 9.05. The van der Waals surface area contributed by atoms with Gasteiger partial charge in [-0.2, -0.15) is 5.10 Å². The van der Waals surface area contributed by atoms with Gasteiger partial charge in [0, 0.05) is 43.3 Å². The summed E-state index contributed by atoms with van der Waals surface area (Å²) in [5.74, 6) is 0. The second-order valence-corrected chi connectivity index (χ2v) is 7.07. The zero-order chi connectivity index (χ0) is 20.8. The van der Waals surface area contributed by atoms with Crippen molar-refractivity contribution in [2.45, 2.75) is 12.6 Å². The summed E-state index contributed by atoms with van der Waals surface area (Å²) in [7, 11) is 1.88. The Morgan fingerprint density at radius 2 is 1.60 bits per heavy atom. The molecule has 0 bridgehead atoms.